The van der Waals surface area contributed by atoms with E-state index >= 15 is 0 Å². The maximum atomic E-state index is 3.10. The molecule has 2 N–H and O–H groups in total. The van der Waals surface area contributed by atoms with Crippen molar-refractivity contribution in [3.63, 3.8) is 0 Å². The van der Waals surface area contributed by atoms with Crippen molar-refractivity contribution in [1.82, 2.24) is 10.9 Å². The highest BCUT2D eigenvalue weighted by Gasteiger charge is 2.18. The molecule has 0 fully saturated rings. The largest absolute Gasteiger partial charge is 0.325 e. The summed E-state index contributed by atoms with van der Waals surface area (Å²) in [4.78, 5) is 0. The molecule has 0 saturated heterocycles. The number of allylic oxidation sites excluding steroid dienone is 1. The van der Waals surface area contributed by atoms with Crippen molar-refractivity contribution in [2.24, 2.45) is 0 Å². The highest BCUT2D eigenvalue weighted by molar-refractivity contribution is 5.85. The van der Waals surface area contributed by atoms with Gasteiger partial charge in [0.2, 0.25) is 0 Å². The maximum absolute atomic E-state index is 3.10. The van der Waals surface area contributed by atoms with Crippen LogP contribution in [0.25, 0.3) is 0 Å². The lowest BCUT2D eigenvalue weighted by Crippen LogP contribution is -2.39. The van der Waals surface area contributed by atoms with Crippen molar-refractivity contribution in [2.75, 3.05) is 0 Å². The first-order chi connectivity index (χ1) is 3.60. The molecule has 1 rings (SSSR count). The number of hydrogen-bond donors (Lipinski definition) is 2. The standard InChI is InChI=1S/C6H12N2.ClH/c1-5-4-6(2,3)8-7-5;/h4,7-8H,1-3H3;1H. The van der Waals surface area contributed by atoms with Gasteiger partial charge in [-0.1, -0.05) is 0 Å². The summed E-state index contributed by atoms with van der Waals surface area (Å²) in [6, 6.07) is 0. The van der Waals surface area contributed by atoms with E-state index in [-0.39, 0.29) is 17.9 Å². The van der Waals surface area contributed by atoms with E-state index in [4.69, 9.17) is 0 Å². The molecule has 1 heterocycles. The molecular formula is C6H13ClN2. The Labute approximate surface area is 62.1 Å². The molecule has 2 nitrogen and oxygen atoms in total. The second-order valence-corrected chi connectivity index (χ2v) is 2.80. The van der Waals surface area contributed by atoms with Crippen LogP contribution in [0.4, 0.5) is 0 Å². The van der Waals surface area contributed by atoms with Crippen LogP contribution in [0.5, 0.6) is 0 Å². The summed E-state index contributed by atoms with van der Waals surface area (Å²) >= 11 is 0. The normalized spacial score (nSPS) is 21.9. The van der Waals surface area contributed by atoms with E-state index < -0.39 is 0 Å². The summed E-state index contributed by atoms with van der Waals surface area (Å²) in [5, 5.41) is 0. The van der Waals surface area contributed by atoms with Crippen LogP contribution in [0.3, 0.4) is 0 Å². The molecule has 0 spiro atoms. The molecule has 1 aliphatic rings. The van der Waals surface area contributed by atoms with Crippen LogP contribution >= 0.6 is 12.4 Å². The van der Waals surface area contributed by atoms with E-state index in [9.17, 15) is 0 Å². The Kier molecular flexibility index (Phi) is 2.52. The van der Waals surface area contributed by atoms with Gasteiger partial charge >= 0.3 is 0 Å². The third-order valence-electron chi connectivity index (χ3n) is 1.16. The number of nitrogens with one attached hydrogen (secondary N) is 2. The fourth-order valence-corrected chi connectivity index (χ4v) is 0.873. The Balaban J connectivity index is 0.000000640. The molecule has 1 aliphatic heterocycles. The average Bonchev–Trinajstić information content (AvgIpc) is 1.82. The lowest BCUT2D eigenvalue weighted by Gasteiger charge is -2.13. The molecule has 0 saturated carbocycles. The molecule has 0 aromatic heterocycles. The second-order valence-electron chi connectivity index (χ2n) is 2.80. The molecule has 0 aromatic rings. The van der Waals surface area contributed by atoms with Gasteiger partial charge in [0.25, 0.3) is 0 Å². The van der Waals surface area contributed by atoms with Crippen molar-refractivity contribution in [1.29, 1.82) is 0 Å². The van der Waals surface area contributed by atoms with Crippen molar-refractivity contribution in [2.45, 2.75) is 26.3 Å². The zero-order chi connectivity index (χ0) is 6.20. The van der Waals surface area contributed by atoms with Crippen molar-refractivity contribution in [3.05, 3.63) is 11.8 Å². The highest BCUT2D eigenvalue weighted by Crippen LogP contribution is 2.10. The molecule has 0 aromatic carbocycles. The number of halogens is 1. The number of hydrazine groups is 1. The van der Waals surface area contributed by atoms with Crippen LogP contribution < -0.4 is 10.9 Å². The fraction of sp³-hybridized carbons (Fsp3) is 0.667. The SMILES string of the molecule is CC1=CC(C)(C)NN1.Cl. The van der Waals surface area contributed by atoms with Gasteiger partial charge in [0.15, 0.2) is 0 Å². The van der Waals surface area contributed by atoms with E-state index in [0.29, 0.717) is 0 Å². The highest BCUT2D eigenvalue weighted by atomic mass is 35.5. The van der Waals surface area contributed by atoms with Gasteiger partial charge < -0.3 is 5.43 Å². The van der Waals surface area contributed by atoms with E-state index in [1.165, 1.54) is 5.70 Å². The lowest BCUT2D eigenvalue weighted by molar-refractivity contribution is 0.469. The van der Waals surface area contributed by atoms with E-state index in [1.54, 1.807) is 0 Å². The van der Waals surface area contributed by atoms with Crippen LogP contribution in [0, 0.1) is 0 Å². The fourth-order valence-electron chi connectivity index (χ4n) is 0.873. The van der Waals surface area contributed by atoms with Crippen molar-refractivity contribution < 1.29 is 0 Å². The van der Waals surface area contributed by atoms with Gasteiger partial charge in [0, 0.05) is 5.70 Å². The monoisotopic (exact) mass is 148 g/mol. The van der Waals surface area contributed by atoms with Gasteiger partial charge in [-0.15, -0.1) is 12.4 Å². The molecule has 0 unspecified atom stereocenters. The van der Waals surface area contributed by atoms with Crippen LogP contribution in [-0.2, 0) is 0 Å². The maximum Gasteiger partial charge on any atom is 0.0513 e. The number of rotatable bonds is 0. The first kappa shape index (κ1) is 8.79. The van der Waals surface area contributed by atoms with E-state index in [1.807, 2.05) is 6.92 Å². The van der Waals surface area contributed by atoms with Gasteiger partial charge in [-0.2, -0.15) is 0 Å². The minimum atomic E-state index is 0. The predicted molar refractivity (Wildman–Crippen MR) is 41.4 cm³/mol. The summed E-state index contributed by atoms with van der Waals surface area (Å²) in [5.41, 5.74) is 7.47. The van der Waals surface area contributed by atoms with Gasteiger partial charge in [0.1, 0.15) is 0 Å². The summed E-state index contributed by atoms with van der Waals surface area (Å²) in [6.45, 7) is 6.29. The van der Waals surface area contributed by atoms with Crippen LogP contribution in [-0.4, -0.2) is 5.54 Å². The van der Waals surface area contributed by atoms with Gasteiger partial charge in [-0.3, -0.25) is 0 Å². The molecule has 0 radical (unpaired) electrons. The van der Waals surface area contributed by atoms with Crippen molar-refractivity contribution >= 4 is 12.4 Å². The first-order valence-corrected chi connectivity index (χ1v) is 2.83. The van der Waals surface area contributed by atoms with E-state index in [2.05, 4.69) is 30.8 Å². The Morgan fingerprint density at radius 2 is 2.00 bits per heavy atom. The first-order valence-electron chi connectivity index (χ1n) is 2.83. The minimum Gasteiger partial charge on any atom is -0.325 e. The smallest absolute Gasteiger partial charge is 0.0513 e. The van der Waals surface area contributed by atoms with Crippen LogP contribution in [0.15, 0.2) is 11.8 Å². The summed E-state index contributed by atoms with van der Waals surface area (Å²) < 4.78 is 0. The molecule has 54 valence electrons. The minimum absolute atomic E-state index is 0. The van der Waals surface area contributed by atoms with Gasteiger partial charge in [-0.05, 0) is 26.8 Å². The molecular weight excluding hydrogens is 136 g/mol. The molecule has 0 atom stereocenters. The lowest BCUT2D eigenvalue weighted by atomic mass is 10.1. The molecule has 0 amide bonds. The summed E-state index contributed by atoms with van der Waals surface area (Å²) in [7, 11) is 0. The van der Waals surface area contributed by atoms with Gasteiger partial charge in [-0.25, -0.2) is 5.43 Å². The third-order valence-corrected chi connectivity index (χ3v) is 1.16. The van der Waals surface area contributed by atoms with E-state index in [0.717, 1.165) is 0 Å². The quantitative estimate of drug-likeness (QED) is 0.540. The molecule has 3 heteroatoms. The molecule has 0 aliphatic carbocycles. The topological polar surface area (TPSA) is 24.1 Å². The molecule has 9 heavy (non-hydrogen) atoms. The number of hydrogen-bond acceptors (Lipinski definition) is 2. The van der Waals surface area contributed by atoms with Crippen LogP contribution in [0.2, 0.25) is 0 Å². The zero-order valence-electron chi connectivity index (χ0n) is 5.99. The Bertz CT molecular complexity index is 129. The third kappa shape index (κ3) is 2.24. The molecule has 0 bridgehead atoms. The summed E-state index contributed by atoms with van der Waals surface area (Å²) in [6.07, 6.45) is 2.16. The zero-order valence-corrected chi connectivity index (χ0v) is 6.80. The van der Waals surface area contributed by atoms with Gasteiger partial charge in [0.05, 0.1) is 5.54 Å². The average molecular weight is 149 g/mol. The van der Waals surface area contributed by atoms with Crippen LogP contribution in [0.1, 0.15) is 20.8 Å². The Hall–Kier alpha value is -0.210. The second kappa shape index (κ2) is 2.58. The summed E-state index contributed by atoms with van der Waals surface area (Å²) in [5.74, 6) is 0. The van der Waals surface area contributed by atoms with Crippen molar-refractivity contribution in [3.8, 4) is 0 Å². The Morgan fingerprint density at radius 1 is 1.44 bits per heavy atom. The Morgan fingerprint density at radius 3 is 2.11 bits per heavy atom. The predicted octanol–water partition coefficient (Wildman–Crippen LogP) is 1.20.